The summed E-state index contributed by atoms with van der Waals surface area (Å²) in [4.78, 5) is 32.4. The fraction of sp³-hybridized carbons (Fsp3) is 0.381. The standard InChI is InChI=1S/C21H26N4O3/c1-5-25-18-12-16(6-7-19(18)28-13-20(25)26)23-21(27)24(4)15(3)11-17-10-14(2)8-9-22-17/h6-10,12,15H,5,11,13H2,1-4H3,(H,23,27). The maximum atomic E-state index is 12.7. The molecule has 1 unspecified atom stereocenters. The molecule has 3 amide bonds. The van der Waals surface area contributed by atoms with Crippen molar-refractivity contribution in [3.05, 3.63) is 47.8 Å². The van der Waals surface area contributed by atoms with Gasteiger partial charge in [0.25, 0.3) is 5.91 Å². The lowest BCUT2D eigenvalue weighted by Crippen LogP contribution is -2.40. The molecule has 0 radical (unpaired) electrons. The van der Waals surface area contributed by atoms with Crippen LogP contribution in [0.25, 0.3) is 0 Å². The minimum atomic E-state index is -0.216. The van der Waals surface area contributed by atoms with Gasteiger partial charge in [-0.3, -0.25) is 9.78 Å². The quantitative estimate of drug-likeness (QED) is 0.862. The first-order valence-corrected chi connectivity index (χ1v) is 9.41. The fourth-order valence-corrected chi connectivity index (χ4v) is 3.19. The van der Waals surface area contributed by atoms with Crippen LogP contribution in [-0.4, -0.2) is 48.1 Å². The second-order valence-corrected chi connectivity index (χ2v) is 7.03. The molecule has 1 aromatic heterocycles. The molecule has 0 fully saturated rings. The number of urea groups is 1. The Hall–Kier alpha value is -3.09. The molecule has 2 heterocycles. The van der Waals surface area contributed by atoms with Crippen molar-refractivity contribution in [2.24, 2.45) is 0 Å². The van der Waals surface area contributed by atoms with Gasteiger partial charge >= 0.3 is 6.03 Å². The van der Waals surface area contributed by atoms with Crippen LogP contribution in [0.4, 0.5) is 16.2 Å². The number of aryl methyl sites for hydroxylation is 1. The van der Waals surface area contributed by atoms with Crippen molar-refractivity contribution in [3.8, 4) is 5.75 Å². The van der Waals surface area contributed by atoms with E-state index in [-0.39, 0.29) is 24.6 Å². The molecule has 148 valence electrons. The summed E-state index contributed by atoms with van der Waals surface area (Å²) in [5, 5.41) is 2.90. The molecule has 28 heavy (non-hydrogen) atoms. The molecule has 7 nitrogen and oxygen atoms in total. The van der Waals surface area contributed by atoms with Crippen LogP contribution in [0.3, 0.4) is 0 Å². The number of rotatable bonds is 5. The molecule has 2 aromatic rings. The van der Waals surface area contributed by atoms with E-state index in [2.05, 4.69) is 10.3 Å². The molecule has 0 saturated heterocycles. The zero-order chi connectivity index (χ0) is 20.3. The van der Waals surface area contributed by atoms with Crippen LogP contribution in [0, 0.1) is 6.92 Å². The highest BCUT2D eigenvalue weighted by atomic mass is 16.5. The van der Waals surface area contributed by atoms with Gasteiger partial charge in [0.05, 0.1) is 5.69 Å². The second kappa shape index (κ2) is 8.29. The highest BCUT2D eigenvalue weighted by Gasteiger charge is 2.25. The average molecular weight is 382 g/mol. The summed E-state index contributed by atoms with van der Waals surface area (Å²) in [6.07, 6.45) is 2.45. The number of nitrogens with zero attached hydrogens (tertiary/aromatic N) is 3. The summed E-state index contributed by atoms with van der Waals surface area (Å²) >= 11 is 0. The Morgan fingerprint density at radius 3 is 2.86 bits per heavy atom. The Kier molecular flexibility index (Phi) is 5.82. The summed E-state index contributed by atoms with van der Waals surface area (Å²) in [5.41, 5.74) is 3.40. The first-order chi connectivity index (χ1) is 13.4. The van der Waals surface area contributed by atoms with Crippen LogP contribution >= 0.6 is 0 Å². The van der Waals surface area contributed by atoms with Crippen molar-refractivity contribution in [2.45, 2.75) is 33.2 Å². The number of ether oxygens (including phenoxy) is 1. The molecule has 1 aliphatic heterocycles. The van der Waals surface area contributed by atoms with Crippen molar-refractivity contribution in [2.75, 3.05) is 30.4 Å². The van der Waals surface area contributed by atoms with E-state index >= 15 is 0 Å². The van der Waals surface area contributed by atoms with E-state index in [0.717, 1.165) is 11.3 Å². The van der Waals surface area contributed by atoms with Crippen molar-refractivity contribution in [3.63, 3.8) is 0 Å². The molecule has 0 spiro atoms. The number of pyridine rings is 1. The minimum absolute atomic E-state index is 0.0241. The molecule has 1 aromatic carbocycles. The van der Waals surface area contributed by atoms with Gasteiger partial charge in [0.1, 0.15) is 5.75 Å². The third-order valence-electron chi connectivity index (χ3n) is 4.93. The molecular weight excluding hydrogens is 356 g/mol. The summed E-state index contributed by atoms with van der Waals surface area (Å²) < 4.78 is 5.47. The molecule has 0 aliphatic carbocycles. The normalized spacial score (nSPS) is 14.1. The van der Waals surface area contributed by atoms with Crippen LogP contribution in [0.15, 0.2) is 36.5 Å². The summed E-state index contributed by atoms with van der Waals surface area (Å²) in [6, 6.07) is 9.07. The number of aromatic nitrogens is 1. The van der Waals surface area contributed by atoms with E-state index < -0.39 is 0 Å². The number of nitrogens with one attached hydrogen (secondary N) is 1. The number of carbonyl (C=O) groups excluding carboxylic acids is 2. The Bertz CT molecular complexity index is 884. The fourth-order valence-electron chi connectivity index (χ4n) is 3.19. The first kappa shape index (κ1) is 19.7. The molecule has 0 saturated carbocycles. The highest BCUT2D eigenvalue weighted by Crippen LogP contribution is 2.34. The monoisotopic (exact) mass is 382 g/mol. The van der Waals surface area contributed by atoms with E-state index in [0.29, 0.717) is 30.1 Å². The molecule has 1 aliphatic rings. The van der Waals surface area contributed by atoms with Gasteiger partial charge in [0.15, 0.2) is 6.61 Å². The van der Waals surface area contributed by atoms with Gasteiger partial charge in [-0.05, 0) is 56.7 Å². The molecule has 0 bridgehead atoms. The summed E-state index contributed by atoms with van der Waals surface area (Å²) in [5.74, 6) is 0.557. The molecule has 3 rings (SSSR count). The van der Waals surface area contributed by atoms with Gasteiger partial charge in [0.2, 0.25) is 0 Å². The number of carbonyl (C=O) groups is 2. The Morgan fingerprint density at radius 1 is 1.36 bits per heavy atom. The van der Waals surface area contributed by atoms with Crippen LogP contribution in [0.2, 0.25) is 0 Å². The van der Waals surface area contributed by atoms with Gasteiger partial charge in [-0.1, -0.05) is 0 Å². The lowest BCUT2D eigenvalue weighted by molar-refractivity contribution is -0.121. The molecule has 1 N–H and O–H groups in total. The predicted molar refractivity (Wildman–Crippen MR) is 109 cm³/mol. The van der Waals surface area contributed by atoms with Crippen molar-refractivity contribution < 1.29 is 14.3 Å². The Labute approximate surface area is 165 Å². The first-order valence-electron chi connectivity index (χ1n) is 9.41. The number of fused-ring (bicyclic) bond motifs is 1. The third kappa shape index (κ3) is 4.24. The van der Waals surface area contributed by atoms with E-state index in [9.17, 15) is 9.59 Å². The van der Waals surface area contributed by atoms with Crippen molar-refractivity contribution >= 4 is 23.3 Å². The van der Waals surface area contributed by atoms with Gasteiger partial charge in [-0.25, -0.2) is 4.79 Å². The van der Waals surface area contributed by atoms with Gasteiger partial charge in [0, 0.05) is 43.6 Å². The van der Waals surface area contributed by atoms with Crippen LogP contribution in [-0.2, 0) is 11.2 Å². The molecule has 1 atom stereocenters. The van der Waals surface area contributed by atoms with E-state index in [1.807, 2.05) is 32.9 Å². The maximum absolute atomic E-state index is 12.7. The van der Waals surface area contributed by atoms with Crippen LogP contribution < -0.4 is 15.0 Å². The predicted octanol–water partition coefficient (Wildman–Crippen LogP) is 3.23. The average Bonchev–Trinajstić information content (AvgIpc) is 2.67. The number of likely N-dealkylation sites (N-methyl/N-ethyl adjacent to an activating group) is 2. The summed E-state index contributed by atoms with van der Waals surface area (Å²) in [6.45, 7) is 6.51. The zero-order valence-electron chi connectivity index (χ0n) is 16.7. The Morgan fingerprint density at radius 2 is 2.14 bits per heavy atom. The lowest BCUT2D eigenvalue weighted by Gasteiger charge is -2.29. The largest absolute Gasteiger partial charge is 0.482 e. The van der Waals surface area contributed by atoms with Crippen molar-refractivity contribution in [1.82, 2.24) is 9.88 Å². The minimum Gasteiger partial charge on any atom is -0.482 e. The molecule has 7 heteroatoms. The van der Waals surface area contributed by atoms with E-state index in [1.54, 1.807) is 41.2 Å². The second-order valence-electron chi connectivity index (χ2n) is 7.03. The van der Waals surface area contributed by atoms with Gasteiger partial charge in [-0.2, -0.15) is 0 Å². The maximum Gasteiger partial charge on any atom is 0.321 e. The van der Waals surface area contributed by atoms with Crippen LogP contribution in [0.5, 0.6) is 5.75 Å². The SMILES string of the molecule is CCN1C(=O)COc2ccc(NC(=O)N(C)C(C)Cc3cc(C)ccn3)cc21. The smallest absolute Gasteiger partial charge is 0.321 e. The number of anilines is 2. The number of hydrogen-bond acceptors (Lipinski definition) is 4. The van der Waals surface area contributed by atoms with Gasteiger partial charge in [-0.15, -0.1) is 0 Å². The topological polar surface area (TPSA) is 74.8 Å². The number of amides is 3. The van der Waals surface area contributed by atoms with Crippen molar-refractivity contribution in [1.29, 1.82) is 0 Å². The number of benzene rings is 1. The third-order valence-corrected chi connectivity index (χ3v) is 4.93. The van der Waals surface area contributed by atoms with E-state index in [4.69, 9.17) is 4.74 Å². The highest BCUT2D eigenvalue weighted by molar-refractivity contribution is 5.99. The number of hydrogen-bond donors (Lipinski definition) is 1. The van der Waals surface area contributed by atoms with Crippen LogP contribution in [0.1, 0.15) is 25.1 Å². The zero-order valence-corrected chi connectivity index (χ0v) is 16.7. The van der Waals surface area contributed by atoms with Gasteiger partial charge < -0.3 is 19.9 Å². The molecular formula is C21H26N4O3. The Balaban J connectivity index is 1.68. The lowest BCUT2D eigenvalue weighted by atomic mass is 10.1. The summed E-state index contributed by atoms with van der Waals surface area (Å²) in [7, 11) is 1.76. The van der Waals surface area contributed by atoms with E-state index in [1.165, 1.54) is 0 Å².